The molecule has 88 valence electrons. The molecule has 2 unspecified atom stereocenters. The highest BCUT2D eigenvalue weighted by atomic mass is 16.3. The Morgan fingerprint density at radius 2 is 2.13 bits per heavy atom. The van der Waals surface area contributed by atoms with Gasteiger partial charge in [0, 0.05) is 19.0 Å². The van der Waals surface area contributed by atoms with Gasteiger partial charge < -0.3 is 10.0 Å². The summed E-state index contributed by atoms with van der Waals surface area (Å²) in [4.78, 5) is 13.6. The molecule has 0 aromatic heterocycles. The summed E-state index contributed by atoms with van der Waals surface area (Å²) in [6.45, 7) is 6.60. The molecule has 1 aliphatic rings. The number of aliphatic hydroxyl groups excluding tert-OH is 1. The van der Waals surface area contributed by atoms with Crippen molar-refractivity contribution in [2.24, 2.45) is 5.92 Å². The van der Waals surface area contributed by atoms with Crippen LogP contribution in [0.3, 0.4) is 0 Å². The summed E-state index contributed by atoms with van der Waals surface area (Å²) in [7, 11) is 0. The molecule has 3 heteroatoms. The number of hydrogen-bond acceptors (Lipinski definition) is 2. The van der Waals surface area contributed by atoms with Gasteiger partial charge in [-0.3, -0.25) is 4.79 Å². The zero-order valence-corrected chi connectivity index (χ0v) is 10.1. The van der Waals surface area contributed by atoms with E-state index in [-0.39, 0.29) is 5.91 Å². The number of aliphatic hydroxyl groups is 1. The Bertz CT molecular complexity index is 214. The number of hydrogen-bond donors (Lipinski definition) is 1. The maximum Gasteiger partial charge on any atom is 0.222 e. The van der Waals surface area contributed by atoms with Crippen molar-refractivity contribution in [1.29, 1.82) is 0 Å². The summed E-state index contributed by atoms with van der Waals surface area (Å²) >= 11 is 0. The first-order chi connectivity index (χ1) is 7.00. The van der Waals surface area contributed by atoms with Gasteiger partial charge in [0.15, 0.2) is 0 Å². The standard InChI is InChI=1S/C12H23NO2/c1-9(2)7-11-5-4-6-12(15)13(11)8-10(3)14/h9-11,14H,4-8H2,1-3H3. The van der Waals surface area contributed by atoms with E-state index >= 15 is 0 Å². The highest BCUT2D eigenvalue weighted by molar-refractivity contribution is 5.77. The van der Waals surface area contributed by atoms with E-state index in [4.69, 9.17) is 0 Å². The molecule has 1 saturated heterocycles. The Labute approximate surface area is 92.5 Å². The monoisotopic (exact) mass is 213 g/mol. The SMILES string of the molecule is CC(C)CC1CCCC(=O)N1CC(C)O. The van der Waals surface area contributed by atoms with Gasteiger partial charge in [0.1, 0.15) is 0 Å². The molecule has 0 bridgehead atoms. The Morgan fingerprint density at radius 1 is 1.47 bits per heavy atom. The molecule has 0 radical (unpaired) electrons. The summed E-state index contributed by atoms with van der Waals surface area (Å²) in [6.07, 6.45) is 3.39. The average Bonchev–Trinajstić information content (AvgIpc) is 2.09. The predicted molar refractivity (Wildman–Crippen MR) is 60.5 cm³/mol. The van der Waals surface area contributed by atoms with Gasteiger partial charge in [-0.05, 0) is 32.1 Å². The second-order valence-electron chi connectivity index (χ2n) is 5.07. The van der Waals surface area contributed by atoms with Gasteiger partial charge in [-0.1, -0.05) is 13.8 Å². The third kappa shape index (κ3) is 3.82. The third-order valence-electron chi connectivity index (χ3n) is 2.89. The molecule has 15 heavy (non-hydrogen) atoms. The second-order valence-corrected chi connectivity index (χ2v) is 5.07. The van der Waals surface area contributed by atoms with Crippen molar-refractivity contribution in [1.82, 2.24) is 4.90 Å². The number of carbonyl (C=O) groups excluding carboxylic acids is 1. The Morgan fingerprint density at radius 3 is 2.67 bits per heavy atom. The summed E-state index contributed by atoms with van der Waals surface area (Å²) in [5, 5.41) is 9.38. The Kier molecular flexibility index (Phi) is 4.58. The summed E-state index contributed by atoms with van der Waals surface area (Å²) < 4.78 is 0. The number of likely N-dealkylation sites (tertiary alicyclic amines) is 1. The van der Waals surface area contributed by atoms with E-state index in [0.29, 0.717) is 24.9 Å². The van der Waals surface area contributed by atoms with Crippen LogP contribution in [0.25, 0.3) is 0 Å². The van der Waals surface area contributed by atoms with Crippen molar-refractivity contribution >= 4 is 5.91 Å². The van der Waals surface area contributed by atoms with Gasteiger partial charge in [-0.15, -0.1) is 0 Å². The second kappa shape index (κ2) is 5.50. The molecule has 1 fully saturated rings. The third-order valence-corrected chi connectivity index (χ3v) is 2.89. The lowest BCUT2D eigenvalue weighted by Gasteiger charge is -2.37. The van der Waals surface area contributed by atoms with Crippen LogP contribution in [0, 0.1) is 5.92 Å². The lowest BCUT2D eigenvalue weighted by atomic mass is 9.93. The molecule has 1 heterocycles. The zero-order valence-electron chi connectivity index (χ0n) is 10.1. The van der Waals surface area contributed by atoms with E-state index < -0.39 is 6.10 Å². The molecular weight excluding hydrogens is 190 g/mol. The van der Waals surface area contributed by atoms with Gasteiger partial charge in [-0.2, -0.15) is 0 Å². The Hall–Kier alpha value is -0.570. The largest absolute Gasteiger partial charge is 0.392 e. The normalized spacial score (nSPS) is 24.7. The van der Waals surface area contributed by atoms with Gasteiger partial charge >= 0.3 is 0 Å². The Balaban J connectivity index is 2.60. The van der Waals surface area contributed by atoms with Crippen molar-refractivity contribution in [2.45, 2.75) is 58.6 Å². The van der Waals surface area contributed by atoms with Crippen LogP contribution in [0.5, 0.6) is 0 Å². The number of amides is 1. The summed E-state index contributed by atoms with van der Waals surface area (Å²) in [5.41, 5.74) is 0. The van der Waals surface area contributed by atoms with Crippen LogP contribution in [0.15, 0.2) is 0 Å². The number of piperidine rings is 1. The highest BCUT2D eigenvalue weighted by Gasteiger charge is 2.28. The van der Waals surface area contributed by atoms with Gasteiger partial charge in [0.2, 0.25) is 5.91 Å². The molecule has 0 aromatic carbocycles. The number of nitrogens with zero attached hydrogens (tertiary/aromatic N) is 1. The lowest BCUT2D eigenvalue weighted by Crippen LogP contribution is -2.47. The fourth-order valence-electron chi connectivity index (χ4n) is 2.32. The number of β-amino-alcohol motifs (C(OH)–C–C–N with tert-alkyl or cyclic N) is 1. The van der Waals surface area contributed by atoms with Crippen LogP contribution < -0.4 is 0 Å². The van der Waals surface area contributed by atoms with Gasteiger partial charge in [0.25, 0.3) is 0 Å². The van der Waals surface area contributed by atoms with Crippen LogP contribution in [-0.4, -0.2) is 34.6 Å². The first-order valence-electron chi connectivity index (χ1n) is 5.98. The van der Waals surface area contributed by atoms with Crippen molar-refractivity contribution in [3.8, 4) is 0 Å². The van der Waals surface area contributed by atoms with E-state index in [1.807, 2.05) is 4.90 Å². The van der Waals surface area contributed by atoms with Gasteiger partial charge in [-0.25, -0.2) is 0 Å². The summed E-state index contributed by atoms with van der Waals surface area (Å²) in [5.74, 6) is 0.824. The molecule has 3 nitrogen and oxygen atoms in total. The maximum absolute atomic E-state index is 11.7. The van der Waals surface area contributed by atoms with Crippen molar-refractivity contribution in [3.63, 3.8) is 0 Å². The topological polar surface area (TPSA) is 40.5 Å². The van der Waals surface area contributed by atoms with Crippen LogP contribution >= 0.6 is 0 Å². The molecule has 0 aliphatic carbocycles. The predicted octanol–water partition coefficient (Wildman–Crippen LogP) is 1.79. The van der Waals surface area contributed by atoms with E-state index in [2.05, 4.69) is 13.8 Å². The van der Waals surface area contributed by atoms with Crippen LogP contribution in [0.1, 0.15) is 46.5 Å². The van der Waals surface area contributed by atoms with Crippen LogP contribution in [0.2, 0.25) is 0 Å². The van der Waals surface area contributed by atoms with E-state index in [9.17, 15) is 9.90 Å². The molecule has 0 saturated carbocycles. The molecule has 0 aromatic rings. The van der Waals surface area contributed by atoms with Crippen molar-refractivity contribution < 1.29 is 9.90 Å². The van der Waals surface area contributed by atoms with Crippen LogP contribution in [-0.2, 0) is 4.79 Å². The quantitative estimate of drug-likeness (QED) is 0.773. The lowest BCUT2D eigenvalue weighted by molar-refractivity contribution is -0.138. The van der Waals surface area contributed by atoms with E-state index in [1.165, 1.54) is 0 Å². The molecule has 1 amide bonds. The smallest absolute Gasteiger partial charge is 0.222 e. The van der Waals surface area contributed by atoms with Crippen molar-refractivity contribution in [2.75, 3.05) is 6.54 Å². The molecule has 1 N–H and O–H groups in total. The minimum Gasteiger partial charge on any atom is -0.392 e. The van der Waals surface area contributed by atoms with Crippen molar-refractivity contribution in [3.05, 3.63) is 0 Å². The van der Waals surface area contributed by atoms with Gasteiger partial charge in [0.05, 0.1) is 6.10 Å². The maximum atomic E-state index is 11.7. The minimum atomic E-state index is -0.415. The zero-order chi connectivity index (χ0) is 11.4. The van der Waals surface area contributed by atoms with Crippen LogP contribution in [0.4, 0.5) is 0 Å². The molecular formula is C12H23NO2. The fourth-order valence-corrected chi connectivity index (χ4v) is 2.32. The summed E-state index contributed by atoms with van der Waals surface area (Å²) in [6, 6.07) is 0.348. The molecule has 1 rings (SSSR count). The highest BCUT2D eigenvalue weighted by Crippen LogP contribution is 2.23. The first-order valence-corrected chi connectivity index (χ1v) is 5.98. The number of rotatable bonds is 4. The molecule has 1 aliphatic heterocycles. The molecule has 2 atom stereocenters. The first kappa shape index (κ1) is 12.5. The fraction of sp³-hybridized carbons (Fsp3) is 0.917. The minimum absolute atomic E-state index is 0.216. The molecule has 0 spiro atoms. The number of carbonyl (C=O) groups is 1. The van der Waals surface area contributed by atoms with E-state index in [1.54, 1.807) is 6.92 Å². The van der Waals surface area contributed by atoms with E-state index in [0.717, 1.165) is 19.3 Å². The average molecular weight is 213 g/mol.